The van der Waals surface area contributed by atoms with Crippen LogP contribution in [-0.4, -0.2) is 25.7 Å². The molecule has 1 aromatic carbocycles. The third-order valence-electron chi connectivity index (χ3n) is 3.64. The average molecular weight is 250 g/mol. The third kappa shape index (κ3) is 3.64. The van der Waals surface area contributed by atoms with E-state index < -0.39 is 0 Å². The van der Waals surface area contributed by atoms with E-state index in [1.54, 1.807) is 0 Å². The highest BCUT2D eigenvalue weighted by atomic mass is 16.3. The fourth-order valence-electron chi connectivity index (χ4n) is 1.99. The molecule has 0 bridgehead atoms. The Balaban J connectivity index is 2.83. The lowest BCUT2D eigenvalue weighted by atomic mass is 10.1. The number of nitrogens with zero attached hydrogens (tertiary/aromatic N) is 1. The van der Waals surface area contributed by atoms with Gasteiger partial charge in [0.15, 0.2) is 0 Å². The van der Waals surface area contributed by atoms with Gasteiger partial charge in [-0.15, -0.1) is 0 Å². The first-order chi connectivity index (χ1) is 8.49. The number of phenolic OH excluding ortho intramolecular Hbond substituents is 1. The van der Waals surface area contributed by atoms with Crippen LogP contribution in [0.1, 0.15) is 38.8 Å². The molecule has 0 heterocycles. The van der Waals surface area contributed by atoms with E-state index in [0.29, 0.717) is 11.7 Å². The Morgan fingerprint density at radius 2 is 2.00 bits per heavy atom. The molecule has 0 saturated carbocycles. The van der Waals surface area contributed by atoms with Crippen LogP contribution in [0.5, 0.6) is 5.75 Å². The molecule has 0 amide bonds. The van der Waals surface area contributed by atoms with Crippen molar-refractivity contribution in [1.29, 1.82) is 0 Å². The molecule has 0 aliphatic heterocycles. The van der Waals surface area contributed by atoms with Crippen molar-refractivity contribution in [2.24, 2.45) is 5.92 Å². The molecular formula is C15H26N2O. The molecule has 2 unspecified atom stereocenters. The maximum absolute atomic E-state index is 10.1. The second-order valence-electron chi connectivity index (χ2n) is 5.15. The predicted molar refractivity (Wildman–Crippen MR) is 78.3 cm³/mol. The summed E-state index contributed by atoms with van der Waals surface area (Å²) in [5.41, 5.74) is 2.01. The lowest BCUT2D eigenvalue weighted by Gasteiger charge is -2.24. The van der Waals surface area contributed by atoms with Crippen molar-refractivity contribution in [2.75, 3.05) is 25.5 Å². The predicted octanol–water partition coefficient (Wildman–Crippen LogP) is 3.15. The van der Waals surface area contributed by atoms with Crippen molar-refractivity contribution in [3.8, 4) is 5.75 Å². The molecule has 18 heavy (non-hydrogen) atoms. The number of aromatic hydroxyl groups is 1. The number of phenols is 1. The summed E-state index contributed by atoms with van der Waals surface area (Å²) in [5, 5.41) is 13.2. The highest BCUT2D eigenvalue weighted by Gasteiger charge is 2.11. The molecule has 3 heteroatoms. The minimum Gasteiger partial charge on any atom is -0.508 e. The maximum Gasteiger partial charge on any atom is 0.122 e. The van der Waals surface area contributed by atoms with Crippen LogP contribution in [0.15, 0.2) is 18.2 Å². The van der Waals surface area contributed by atoms with Gasteiger partial charge < -0.3 is 15.3 Å². The van der Waals surface area contributed by atoms with E-state index in [4.69, 9.17) is 0 Å². The topological polar surface area (TPSA) is 35.5 Å². The number of rotatable bonds is 6. The molecule has 0 aliphatic rings. The van der Waals surface area contributed by atoms with Crippen molar-refractivity contribution in [3.05, 3.63) is 23.8 Å². The number of anilines is 1. The first-order valence-corrected chi connectivity index (χ1v) is 6.70. The molecule has 0 aliphatic carbocycles. The van der Waals surface area contributed by atoms with Crippen LogP contribution in [0.3, 0.4) is 0 Å². The normalized spacial score (nSPS) is 14.3. The Bertz CT molecular complexity index is 379. The van der Waals surface area contributed by atoms with Crippen LogP contribution in [0, 0.1) is 5.92 Å². The monoisotopic (exact) mass is 250 g/mol. The summed E-state index contributed by atoms with van der Waals surface area (Å²) in [6.45, 7) is 7.50. The molecular weight excluding hydrogens is 224 g/mol. The van der Waals surface area contributed by atoms with Gasteiger partial charge in [0.2, 0.25) is 0 Å². The van der Waals surface area contributed by atoms with Crippen LogP contribution >= 0.6 is 0 Å². The van der Waals surface area contributed by atoms with Gasteiger partial charge >= 0.3 is 0 Å². The molecule has 0 saturated heterocycles. The van der Waals surface area contributed by atoms with Crippen LogP contribution in [0.4, 0.5) is 5.69 Å². The van der Waals surface area contributed by atoms with Gasteiger partial charge in [0.05, 0.1) is 0 Å². The molecule has 2 atom stereocenters. The van der Waals surface area contributed by atoms with E-state index in [9.17, 15) is 5.11 Å². The minimum atomic E-state index is 0.166. The van der Waals surface area contributed by atoms with Crippen molar-refractivity contribution in [2.45, 2.75) is 33.2 Å². The van der Waals surface area contributed by atoms with Crippen LogP contribution in [0.25, 0.3) is 0 Å². The first-order valence-electron chi connectivity index (χ1n) is 6.70. The van der Waals surface area contributed by atoms with Crippen molar-refractivity contribution < 1.29 is 5.11 Å². The summed E-state index contributed by atoms with van der Waals surface area (Å²) >= 11 is 0. The van der Waals surface area contributed by atoms with Gasteiger partial charge in [-0.05, 0) is 26.0 Å². The largest absolute Gasteiger partial charge is 0.508 e. The van der Waals surface area contributed by atoms with E-state index in [1.807, 2.05) is 26.1 Å². The summed E-state index contributed by atoms with van der Waals surface area (Å²) < 4.78 is 0. The zero-order valence-electron chi connectivity index (χ0n) is 12.2. The minimum absolute atomic E-state index is 0.166. The number of hydrogen-bond acceptors (Lipinski definition) is 3. The molecule has 1 aromatic rings. The Hall–Kier alpha value is -1.22. The average Bonchev–Trinajstić information content (AvgIpc) is 2.37. The Labute approximate surface area is 111 Å². The van der Waals surface area contributed by atoms with E-state index >= 15 is 0 Å². The van der Waals surface area contributed by atoms with Gasteiger partial charge in [0, 0.05) is 37.0 Å². The van der Waals surface area contributed by atoms with E-state index in [-0.39, 0.29) is 6.04 Å². The molecule has 2 N–H and O–H groups in total. The highest BCUT2D eigenvalue weighted by molar-refractivity contribution is 5.53. The smallest absolute Gasteiger partial charge is 0.122 e. The lowest BCUT2D eigenvalue weighted by Crippen LogP contribution is -2.23. The standard InChI is InChI=1S/C15H26N2O/c1-6-11(2)10-17(5)13-7-8-14(12(3)16-4)15(18)9-13/h7-9,11-12,16,18H,6,10H2,1-5H3. The van der Waals surface area contributed by atoms with Crippen LogP contribution in [0.2, 0.25) is 0 Å². The second-order valence-corrected chi connectivity index (χ2v) is 5.15. The second kappa shape index (κ2) is 6.64. The molecule has 3 nitrogen and oxygen atoms in total. The fourth-order valence-corrected chi connectivity index (χ4v) is 1.99. The number of nitrogens with one attached hydrogen (secondary N) is 1. The van der Waals surface area contributed by atoms with E-state index in [1.165, 1.54) is 6.42 Å². The van der Waals surface area contributed by atoms with Crippen molar-refractivity contribution in [3.63, 3.8) is 0 Å². The Morgan fingerprint density at radius 1 is 1.33 bits per heavy atom. The quantitative estimate of drug-likeness (QED) is 0.814. The third-order valence-corrected chi connectivity index (χ3v) is 3.64. The zero-order chi connectivity index (χ0) is 13.7. The SMILES string of the molecule is CCC(C)CN(C)c1ccc(C(C)NC)c(O)c1. The Kier molecular flexibility index (Phi) is 5.48. The molecule has 0 radical (unpaired) electrons. The van der Waals surface area contributed by atoms with E-state index in [2.05, 4.69) is 37.2 Å². The summed E-state index contributed by atoms with van der Waals surface area (Å²) in [6.07, 6.45) is 1.17. The van der Waals surface area contributed by atoms with Gasteiger partial charge in [-0.25, -0.2) is 0 Å². The molecule has 1 rings (SSSR count). The summed E-state index contributed by atoms with van der Waals surface area (Å²) in [7, 11) is 3.97. The number of benzene rings is 1. The maximum atomic E-state index is 10.1. The first kappa shape index (κ1) is 14.8. The summed E-state index contributed by atoms with van der Waals surface area (Å²) in [6, 6.07) is 6.09. The van der Waals surface area contributed by atoms with Crippen molar-refractivity contribution in [1.82, 2.24) is 5.32 Å². The fraction of sp³-hybridized carbons (Fsp3) is 0.600. The molecule has 0 fully saturated rings. The lowest BCUT2D eigenvalue weighted by molar-refractivity contribution is 0.457. The molecule has 0 aromatic heterocycles. The zero-order valence-corrected chi connectivity index (χ0v) is 12.2. The molecule has 0 spiro atoms. The van der Waals surface area contributed by atoms with Crippen molar-refractivity contribution >= 4 is 5.69 Å². The summed E-state index contributed by atoms with van der Waals surface area (Å²) in [5.74, 6) is 1.03. The van der Waals surface area contributed by atoms with E-state index in [0.717, 1.165) is 17.8 Å². The van der Waals surface area contributed by atoms with Gasteiger partial charge in [-0.2, -0.15) is 0 Å². The summed E-state index contributed by atoms with van der Waals surface area (Å²) in [4.78, 5) is 2.20. The van der Waals surface area contributed by atoms with Crippen LogP contribution < -0.4 is 10.2 Å². The van der Waals surface area contributed by atoms with Gasteiger partial charge in [-0.1, -0.05) is 26.3 Å². The van der Waals surface area contributed by atoms with Crippen LogP contribution in [-0.2, 0) is 0 Å². The highest BCUT2D eigenvalue weighted by Crippen LogP contribution is 2.28. The van der Waals surface area contributed by atoms with Gasteiger partial charge in [-0.3, -0.25) is 0 Å². The van der Waals surface area contributed by atoms with Gasteiger partial charge in [0.25, 0.3) is 0 Å². The number of hydrogen-bond donors (Lipinski definition) is 2. The Morgan fingerprint density at radius 3 is 2.50 bits per heavy atom. The van der Waals surface area contributed by atoms with Gasteiger partial charge in [0.1, 0.15) is 5.75 Å². The molecule has 102 valence electrons.